The molecule has 4 heterocycles. The lowest BCUT2D eigenvalue weighted by atomic mass is 9.93. The lowest BCUT2D eigenvalue weighted by Gasteiger charge is -2.45. The standard InChI is InChI=1S/C37H37Cl2FN6O5/c1-44-13-12-28-27(16-44)42-34(45(28)2)35(47)43-26-9-5-8-24(30(26)39)21-6-4-7-23-22(21)10-11-29(23)50-33-25(38)14-20(32(49-3)31(33)40)15-46-18-37(19-46)17-41-36(48)51-37/h4-9,14,29H,10-13,15-19H2,1-3H3,(H,41,48)(H,43,47). The SMILES string of the molecule is COc1c(CN2CC3(CNC(=O)O3)C2)cc(Cl)c(OC2CCc3c(-c4cccc(NC(=O)c5nc6c(n5C)CCN(C)C6)c4Cl)cccc32)c1F. The number of carbonyl (C=O) groups is 2. The van der Waals surface area contributed by atoms with Gasteiger partial charge in [0, 0.05) is 63.0 Å². The molecule has 2 N–H and O–H groups in total. The maximum Gasteiger partial charge on any atom is 0.407 e. The third kappa shape index (κ3) is 5.97. The van der Waals surface area contributed by atoms with E-state index in [1.165, 1.54) is 7.11 Å². The number of alkyl carbamates (subject to hydrolysis) is 1. The number of likely N-dealkylation sites (tertiary alicyclic amines) is 1. The number of benzene rings is 3. The Labute approximate surface area is 304 Å². The first-order valence-corrected chi connectivity index (χ1v) is 17.7. The minimum atomic E-state index is -0.666. The number of halogens is 3. The van der Waals surface area contributed by atoms with Gasteiger partial charge in [-0.1, -0.05) is 53.5 Å². The minimum absolute atomic E-state index is 0.0626. The van der Waals surface area contributed by atoms with E-state index in [2.05, 4.69) is 20.5 Å². The van der Waals surface area contributed by atoms with Crippen molar-refractivity contribution in [2.45, 2.75) is 44.1 Å². The summed E-state index contributed by atoms with van der Waals surface area (Å²) in [6.45, 7) is 3.49. The molecule has 51 heavy (non-hydrogen) atoms. The molecular weight excluding hydrogens is 698 g/mol. The molecule has 14 heteroatoms. The zero-order chi connectivity index (χ0) is 35.6. The largest absolute Gasteiger partial charge is 0.493 e. The van der Waals surface area contributed by atoms with Crippen molar-refractivity contribution in [1.29, 1.82) is 0 Å². The second-order valence-corrected chi connectivity index (χ2v) is 14.6. The molecule has 2 saturated heterocycles. The number of aromatic nitrogens is 2. The van der Waals surface area contributed by atoms with Crippen molar-refractivity contribution in [3.05, 3.63) is 92.2 Å². The number of hydrogen-bond donors (Lipinski definition) is 2. The molecule has 4 aliphatic rings. The zero-order valence-corrected chi connectivity index (χ0v) is 30.0. The van der Waals surface area contributed by atoms with Crippen LogP contribution < -0.4 is 20.1 Å². The number of hydrogen-bond acceptors (Lipinski definition) is 8. The summed E-state index contributed by atoms with van der Waals surface area (Å²) in [5.41, 5.74) is 6.11. The van der Waals surface area contributed by atoms with Crippen LogP contribution in [0.3, 0.4) is 0 Å². The summed E-state index contributed by atoms with van der Waals surface area (Å²) in [6.07, 6.45) is 1.22. The van der Waals surface area contributed by atoms with Gasteiger partial charge in [0.05, 0.1) is 35.1 Å². The molecule has 0 bridgehead atoms. The van der Waals surface area contributed by atoms with E-state index in [-0.39, 0.29) is 22.4 Å². The van der Waals surface area contributed by atoms with Gasteiger partial charge in [-0.25, -0.2) is 9.78 Å². The fourth-order valence-electron chi connectivity index (χ4n) is 7.89. The fraction of sp³-hybridized carbons (Fsp3) is 0.378. The summed E-state index contributed by atoms with van der Waals surface area (Å²) in [5, 5.41) is 6.22. The second-order valence-electron chi connectivity index (χ2n) is 13.8. The third-order valence-corrected chi connectivity index (χ3v) is 11.0. The number of anilines is 1. The number of rotatable bonds is 8. The molecule has 0 saturated carbocycles. The molecule has 1 spiro atoms. The zero-order valence-electron chi connectivity index (χ0n) is 28.4. The van der Waals surface area contributed by atoms with E-state index in [1.807, 2.05) is 53.9 Å². The van der Waals surface area contributed by atoms with Crippen LogP contribution in [0.25, 0.3) is 11.1 Å². The molecule has 3 aromatic carbocycles. The molecule has 1 aromatic heterocycles. The molecule has 11 nitrogen and oxygen atoms in total. The monoisotopic (exact) mass is 734 g/mol. The van der Waals surface area contributed by atoms with Gasteiger partial charge in [0.1, 0.15) is 6.10 Å². The van der Waals surface area contributed by atoms with E-state index in [4.69, 9.17) is 37.4 Å². The van der Waals surface area contributed by atoms with E-state index >= 15 is 4.39 Å². The fourth-order valence-corrected chi connectivity index (χ4v) is 8.42. The highest BCUT2D eigenvalue weighted by molar-refractivity contribution is 6.36. The number of carbonyl (C=O) groups excluding carboxylic acids is 2. The highest BCUT2D eigenvalue weighted by Gasteiger charge is 2.50. The van der Waals surface area contributed by atoms with Crippen LogP contribution in [0.5, 0.6) is 11.5 Å². The van der Waals surface area contributed by atoms with Gasteiger partial charge < -0.3 is 34.3 Å². The van der Waals surface area contributed by atoms with Crippen molar-refractivity contribution in [2.24, 2.45) is 7.05 Å². The van der Waals surface area contributed by atoms with Gasteiger partial charge in [0.15, 0.2) is 22.9 Å². The molecule has 2 amide bonds. The lowest BCUT2D eigenvalue weighted by Crippen LogP contribution is -2.63. The number of ether oxygens (including phenoxy) is 3. The predicted molar refractivity (Wildman–Crippen MR) is 190 cm³/mol. The van der Waals surface area contributed by atoms with Crippen molar-refractivity contribution in [2.75, 3.05) is 45.7 Å². The van der Waals surface area contributed by atoms with Crippen LogP contribution >= 0.6 is 23.2 Å². The van der Waals surface area contributed by atoms with Crippen molar-refractivity contribution >= 4 is 40.9 Å². The molecule has 1 aliphatic carbocycles. The summed E-state index contributed by atoms with van der Waals surface area (Å²) in [4.78, 5) is 33.8. The summed E-state index contributed by atoms with van der Waals surface area (Å²) < 4.78 is 35.1. The van der Waals surface area contributed by atoms with Crippen LogP contribution in [0.2, 0.25) is 10.0 Å². The number of nitrogens with one attached hydrogen (secondary N) is 2. The summed E-state index contributed by atoms with van der Waals surface area (Å²) in [7, 11) is 5.33. The first kappa shape index (κ1) is 33.8. The van der Waals surface area contributed by atoms with E-state index < -0.39 is 23.6 Å². The number of likely N-dealkylation sites (N-methyl/N-ethyl adjacent to an activating group) is 1. The van der Waals surface area contributed by atoms with Gasteiger partial charge in [0.2, 0.25) is 5.82 Å². The minimum Gasteiger partial charge on any atom is -0.493 e. The number of amides is 2. The van der Waals surface area contributed by atoms with Gasteiger partial charge in [-0.2, -0.15) is 4.39 Å². The van der Waals surface area contributed by atoms with Crippen molar-refractivity contribution < 1.29 is 28.2 Å². The molecule has 8 rings (SSSR count). The lowest BCUT2D eigenvalue weighted by molar-refractivity contribution is -0.0768. The Bertz CT molecular complexity index is 2080. The first-order valence-electron chi connectivity index (χ1n) is 16.9. The molecular formula is C37H37Cl2FN6O5. The Kier molecular flexibility index (Phi) is 8.61. The molecule has 2 fully saturated rings. The topological polar surface area (TPSA) is 110 Å². The number of imidazole rings is 1. The summed E-state index contributed by atoms with van der Waals surface area (Å²) in [5.74, 6) is -0.657. The number of fused-ring (bicyclic) bond motifs is 2. The van der Waals surface area contributed by atoms with Crippen LogP contribution in [0.15, 0.2) is 42.5 Å². The average Bonchev–Trinajstić information content (AvgIpc) is 3.78. The average molecular weight is 736 g/mol. The smallest absolute Gasteiger partial charge is 0.407 e. The highest BCUT2D eigenvalue weighted by Crippen LogP contribution is 2.46. The second kappa shape index (κ2) is 13.0. The quantitative estimate of drug-likeness (QED) is 0.222. The summed E-state index contributed by atoms with van der Waals surface area (Å²) in [6, 6.07) is 13.1. The Morgan fingerprint density at radius 3 is 2.69 bits per heavy atom. The number of methoxy groups -OCH3 is 1. The van der Waals surface area contributed by atoms with Crippen LogP contribution in [-0.2, 0) is 37.7 Å². The van der Waals surface area contributed by atoms with Gasteiger partial charge in [-0.3, -0.25) is 9.69 Å². The van der Waals surface area contributed by atoms with E-state index in [9.17, 15) is 9.59 Å². The van der Waals surface area contributed by atoms with Crippen LogP contribution in [0.4, 0.5) is 14.9 Å². The van der Waals surface area contributed by atoms with Crippen LogP contribution in [0, 0.1) is 5.82 Å². The third-order valence-electron chi connectivity index (χ3n) is 10.4. The Morgan fingerprint density at radius 1 is 1.14 bits per heavy atom. The predicted octanol–water partition coefficient (Wildman–Crippen LogP) is 6.14. The Morgan fingerprint density at radius 2 is 1.92 bits per heavy atom. The van der Waals surface area contributed by atoms with Crippen molar-refractivity contribution in [3.8, 4) is 22.6 Å². The van der Waals surface area contributed by atoms with E-state index in [1.54, 1.807) is 12.1 Å². The van der Waals surface area contributed by atoms with Gasteiger partial charge in [-0.05, 0) is 48.7 Å². The van der Waals surface area contributed by atoms with Crippen molar-refractivity contribution in [1.82, 2.24) is 24.7 Å². The summed E-state index contributed by atoms with van der Waals surface area (Å²) >= 11 is 13.7. The van der Waals surface area contributed by atoms with Crippen LogP contribution in [0.1, 0.15) is 51.2 Å². The van der Waals surface area contributed by atoms with E-state index in [0.29, 0.717) is 67.7 Å². The normalized spacial score (nSPS) is 19.3. The Balaban J connectivity index is 1.01. The van der Waals surface area contributed by atoms with Crippen LogP contribution in [-0.4, -0.2) is 77.3 Å². The highest BCUT2D eigenvalue weighted by atomic mass is 35.5. The number of nitrogens with zero attached hydrogens (tertiary/aromatic N) is 4. The molecule has 1 atom stereocenters. The maximum absolute atomic E-state index is 16.0. The first-order chi connectivity index (χ1) is 24.5. The molecule has 3 aliphatic heterocycles. The maximum atomic E-state index is 16.0. The molecule has 4 aromatic rings. The Hall–Kier alpha value is -4.36. The van der Waals surface area contributed by atoms with E-state index in [0.717, 1.165) is 46.6 Å². The molecule has 0 radical (unpaired) electrons. The molecule has 266 valence electrons. The van der Waals surface area contributed by atoms with Gasteiger partial charge in [-0.15, -0.1) is 0 Å². The van der Waals surface area contributed by atoms with Gasteiger partial charge >= 0.3 is 6.09 Å². The van der Waals surface area contributed by atoms with Crippen molar-refractivity contribution in [3.63, 3.8) is 0 Å². The van der Waals surface area contributed by atoms with Gasteiger partial charge in [0.25, 0.3) is 5.91 Å². The molecule has 1 unspecified atom stereocenters.